The lowest BCUT2D eigenvalue weighted by molar-refractivity contribution is 0.214. The monoisotopic (exact) mass is 433 g/mol. The normalized spacial score (nSPS) is 12.9. The number of hydrogen-bond acceptors (Lipinski definition) is 8. The van der Waals surface area contributed by atoms with E-state index in [2.05, 4.69) is 15.0 Å². The third-order valence-corrected chi connectivity index (χ3v) is 7.08. The fraction of sp³-hybridized carbons (Fsp3) is 0.688. The highest BCUT2D eigenvalue weighted by Crippen LogP contribution is 2.48. The van der Waals surface area contributed by atoms with Gasteiger partial charge < -0.3 is 23.2 Å². The van der Waals surface area contributed by atoms with E-state index in [-0.39, 0.29) is 17.2 Å². The average Bonchev–Trinajstić information content (AvgIpc) is 3.01. The zero-order chi connectivity index (χ0) is 20.8. The molecule has 0 spiro atoms. The van der Waals surface area contributed by atoms with E-state index in [1.165, 1.54) is 6.33 Å². The Hall–Kier alpha value is -1.31. The Labute approximate surface area is 164 Å². The van der Waals surface area contributed by atoms with Crippen LogP contribution in [0.25, 0.3) is 11.2 Å². The summed E-state index contributed by atoms with van der Waals surface area (Å²) in [5.74, 6) is 0. The molecule has 1 N–H and O–H groups in total. The number of nitrogens with zero attached hydrogens (tertiary/aromatic N) is 4. The van der Waals surface area contributed by atoms with Crippen LogP contribution in [0, 0.1) is 0 Å². The number of aromatic amines is 1. The van der Waals surface area contributed by atoms with Crippen LogP contribution in [0.3, 0.4) is 0 Å². The number of rotatable bonds is 12. The maximum atomic E-state index is 12.7. The lowest BCUT2D eigenvalue weighted by Gasteiger charge is -2.26. The van der Waals surface area contributed by atoms with E-state index in [4.69, 9.17) is 9.05 Å². The molecule has 2 rings (SSSR count). The quantitative estimate of drug-likeness (QED) is 0.506. The minimum absolute atomic E-state index is 0.220. The summed E-state index contributed by atoms with van der Waals surface area (Å²) < 4.78 is 37.6. The Morgan fingerprint density at radius 3 is 2.43 bits per heavy atom. The largest absolute Gasteiger partial charge is 0.331 e. The molecule has 0 amide bonds. The topological polar surface area (TPSA) is 119 Å². The van der Waals surface area contributed by atoms with E-state index >= 15 is 0 Å². The van der Waals surface area contributed by atoms with Crippen molar-refractivity contribution in [3.63, 3.8) is 0 Å². The number of H-pyrrole nitrogens is 1. The first-order valence-electron chi connectivity index (χ1n) is 9.20. The van der Waals surface area contributed by atoms with Gasteiger partial charge in [-0.15, -0.1) is 0 Å². The van der Waals surface area contributed by atoms with Gasteiger partial charge >= 0.3 is 7.60 Å². The van der Waals surface area contributed by atoms with Crippen LogP contribution >= 0.6 is 14.7 Å². The predicted molar refractivity (Wildman–Crippen MR) is 110 cm³/mol. The second-order valence-electron chi connectivity index (χ2n) is 6.85. The van der Waals surface area contributed by atoms with Crippen molar-refractivity contribution < 1.29 is 18.2 Å². The van der Waals surface area contributed by atoms with Crippen molar-refractivity contribution in [2.24, 2.45) is 0 Å². The number of hydrogen-bond donors (Lipinski definition) is 1. The lowest BCUT2D eigenvalue weighted by Crippen LogP contribution is -2.31. The molecule has 2 heterocycles. The highest BCUT2D eigenvalue weighted by atomic mass is 31.2. The molecule has 0 aliphatic rings. The molecule has 0 atom stereocenters. The summed E-state index contributed by atoms with van der Waals surface area (Å²) in [6, 6.07) is 0. The van der Waals surface area contributed by atoms with E-state index < -0.39 is 14.7 Å². The molecule has 158 valence electrons. The maximum Gasteiger partial charge on any atom is 0.331 e. The molecule has 0 saturated heterocycles. The van der Waals surface area contributed by atoms with Gasteiger partial charge in [0.1, 0.15) is 0 Å². The van der Waals surface area contributed by atoms with Crippen LogP contribution in [0.5, 0.6) is 0 Å². The summed E-state index contributed by atoms with van der Waals surface area (Å²) in [6.45, 7) is 9.05. The van der Waals surface area contributed by atoms with E-state index in [0.717, 1.165) is 0 Å². The van der Waals surface area contributed by atoms with Gasteiger partial charge in [-0.25, -0.2) is 9.97 Å². The van der Waals surface area contributed by atoms with Crippen molar-refractivity contribution in [2.75, 3.05) is 52.1 Å². The lowest BCUT2D eigenvalue weighted by atomic mass is 10.5. The third-order valence-electron chi connectivity index (χ3n) is 3.95. The fourth-order valence-electron chi connectivity index (χ4n) is 2.86. The van der Waals surface area contributed by atoms with Crippen molar-refractivity contribution in [1.29, 1.82) is 0 Å². The first kappa shape index (κ1) is 23.0. The fourth-order valence-corrected chi connectivity index (χ4v) is 5.76. The van der Waals surface area contributed by atoms with Gasteiger partial charge in [0, 0.05) is 19.6 Å². The molecule has 0 aromatic carbocycles. The molecule has 12 heteroatoms. The van der Waals surface area contributed by atoms with Gasteiger partial charge in [0.25, 0.3) is 5.56 Å². The van der Waals surface area contributed by atoms with Gasteiger partial charge in [0.15, 0.2) is 11.2 Å². The van der Waals surface area contributed by atoms with Crippen molar-refractivity contribution >= 4 is 25.9 Å². The van der Waals surface area contributed by atoms with Crippen molar-refractivity contribution in [1.82, 2.24) is 24.4 Å². The smallest absolute Gasteiger partial charge is 0.323 e. The number of imidazole rings is 1. The SMILES string of the molecule is CCOP(=O)(CCN(CCn1cnc2c(=O)[nH]cnc21)CP(C)(C)=O)OCC. The van der Waals surface area contributed by atoms with E-state index in [1.807, 2.05) is 4.90 Å². The highest BCUT2D eigenvalue weighted by molar-refractivity contribution is 7.62. The molecule has 0 unspecified atom stereocenters. The first-order valence-corrected chi connectivity index (χ1v) is 13.7. The summed E-state index contributed by atoms with van der Waals surface area (Å²) >= 11 is 0. The van der Waals surface area contributed by atoms with Gasteiger partial charge in [0.2, 0.25) is 0 Å². The molecular weight excluding hydrogens is 404 g/mol. The molecule has 0 saturated carbocycles. The molecule has 2 aromatic rings. The van der Waals surface area contributed by atoms with Crippen LogP contribution in [0.4, 0.5) is 0 Å². The Morgan fingerprint density at radius 1 is 1.14 bits per heavy atom. The molecule has 28 heavy (non-hydrogen) atoms. The molecule has 2 aromatic heterocycles. The van der Waals surface area contributed by atoms with Crippen LogP contribution in [0.15, 0.2) is 17.4 Å². The first-order chi connectivity index (χ1) is 13.2. The molecule has 0 radical (unpaired) electrons. The van der Waals surface area contributed by atoms with Crippen LogP contribution in [-0.4, -0.2) is 76.5 Å². The summed E-state index contributed by atoms with van der Waals surface area (Å²) in [5, 5.41) is 0. The minimum atomic E-state index is -3.18. The summed E-state index contributed by atoms with van der Waals surface area (Å²) in [7, 11) is -5.51. The van der Waals surface area contributed by atoms with E-state index in [9.17, 15) is 13.9 Å². The molecule has 0 aliphatic heterocycles. The van der Waals surface area contributed by atoms with E-state index in [1.54, 1.807) is 38.1 Å². The standard InChI is InChI=1S/C16H29N5O5P2/c1-5-25-28(24,26-6-2)10-9-20(13-27(3,4)23)7-8-21-12-19-14-15(21)17-11-18-16(14)22/h11-12H,5-10,13H2,1-4H3,(H,17,18,22). The Balaban J connectivity index is 2.10. The Morgan fingerprint density at radius 2 is 1.82 bits per heavy atom. The predicted octanol–water partition coefficient (Wildman–Crippen LogP) is 2.27. The zero-order valence-electron chi connectivity index (χ0n) is 16.8. The van der Waals surface area contributed by atoms with Gasteiger partial charge in [0.05, 0.1) is 45.5 Å². The van der Waals surface area contributed by atoms with Gasteiger partial charge in [-0.2, -0.15) is 0 Å². The minimum Gasteiger partial charge on any atom is -0.323 e. The molecule has 0 bridgehead atoms. The van der Waals surface area contributed by atoms with E-state index in [0.29, 0.717) is 44.8 Å². The van der Waals surface area contributed by atoms with Crippen molar-refractivity contribution in [3.8, 4) is 0 Å². The number of nitrogens with one attached hydrogen (secondary N) is 1. The average molecular weight is 433 g/mol. The van der Waals surface area contributed by atoms with Gasteiger partial charge in [-0.3, -0.25) is 14.3 Å². The van der Waals surface area contributed by atoms with Gasteiger partial charge in [-0.1, -0.05) is 0 Å². The Bertz CT molecular complexity index is 912. The van der Waals surface area contributed by atoms with Crippen LogP contribution in [0.1, 0.15) is 13.8 Å². The number of fused-ring (bicyclic) bond motifs is 1. The Kier molecular flexibility index (Phi) is 8.16. The van der Waals surface area contributed by atoms with Crippen LogP contribution in [-0.2, 0) is 24.7 Å². The van der Waals surface area contributed by atoms with Crippen molar-refractivity contribution in [3.05, 3.63) is 23.0 Å². The van der Waals surface area contributed by atoms with Crippen LogP contribution < -0.4 is 5.56 Å². The van der Waals surface area contributed by atoms with Crippen molar-refractivity contribution in [2.45, 2.75) is 20.4 Å². The summed E-state index contributed by atoms with van der Waals surface area (Å²) in [6.07, 6.45) is 3.50. The molecule has 0 aliphatic carbocycles. The van der Waals surface area contributed by atoms with Gasteiger partial charge in [-0.05, 0) is 27.2 Å². The molecular formula is C16H29N5O5P2. The molecule has 10 nitrogen and oxygen atoms in total. The zero-order valence-corrected chi connectivity index (χ0v) is 18.6. The second kappa shape index (κ2) is 9.94. The highest BCUT2D eigenvalue weighted by Gasteiger charge is 2.25. The van der Waals surface area contributed by atoms with Crippen LogP contribution in [0.2, 0.25) is 0 Å². The third kappa shape index (κ3) is 6.64. The number of aromatic nitrogens is 4. The summed E-state index contributed by atoms with van der Waals surface area (Å²) in [4.78, 5) is 24.5. The molecule has 0 fully saturated rings. The second-order valence-corrected chi connectivity index (χ2v) is 12.5. The summed E-state index contributed by atoms with van der Waals surface area (Å²) in [5.41, 5.74) is 0.485. The maximum absolute atomic E-state index is 12.7.